The molecule has 0 saturated carbocycles. The number of aliphatic hydroxyl groups excluding tert-OH is 1. The molecule has 1 aromatic carbocycles. The highest BCUT2D eigenvalue weighted by atomic mass is 16.5. The first-order valence-electron chi connectivity index (χ1n) is 9.33. The quantitative estimate of drug-likeness (QED) is 0.809. The number of nitriles is 1. The third-order valence-corrected chi connectivity index (χ3v) is 5.14. The van der Waals surface area contributed by atoms with Crippen LogP contribution in [-0.2, 0) is 6.42 Å². The molecule has 0 unspecified atom stereocenters. The summed E-state index contributed by atoms with van der Waals surface area (Å²) in [5.41, 5.74) is 2.66. The number of anilines is 1. The Labute approximate surface area is 160 Å². The van der Waals surface area contributed by atoms with Crippen molar-refractivity contribution in [2.75, 3.05) is 44.8 Å². The van der Waals surface area contributed by atoms with Crippen LogP contribution in [0.1, 0.15) is 17.5 Å². The smallest absolute Gasteiger partial charge is 0.233 e. The van der Waals surface area contributed by atoms with Crippen molar-refractivity contribution in [2.24, 2.45) is 0 Å². The summed E-state index contributed by atoms with van der Waals surface area (Å²) in [5, 5.41) is 19.1. The van der Waals surface area contributed by atoms with Gasteiger partial charge in [0.15, 0.2) is 0 Å². The number of piperazine rings is 1. The molecule has 1 fully saturated rings. The predicted octanol–water partition coefficient (Wildman–Crippen LogP) is 2.08. The van der Waals surface area contributed by atoms with Gasteiger partial charge in [0.25, 0.3) is 0 Å². The second-order valence-corrected chi connectivity index (χ2v) is 6.71. The molecule has 2 heterocycles. The molecule has 1 aromatic heterocycles. The van der Waals surface area contributed by atoms with E-state index in [0.29, 0.717) is 11.4 Å². The third kappa shape index (κ3) is 4.57. The molecule has 1 aliphatic rings. The van der Waals surface area contributed by atoms with Crippen molar-refractivity contribution < 1.29 is 9.84 Å². The highest BCUT2D eigenvalue weighted by Gasteiger charge is 2.28. The van der Waals surface area contributed by atoms with E-state index in [1.54, 1.807) is 6.20 Å². The van der Waals surface area contributed by atoms with Gasteiger partial charge in [0, 0.05) is 45.0 Å². The topological polar surface area (TPSA) is 72.6 Å². The van der Waals surface area contributed by atoms with Crippen LogP contribution in [0, 0.1) is 11.3 Å². The molecule has 0 aliphatic carbocycles. The van der Waals surface area contributed by atoms with Crippen molar-refractivity contribution >= 4 is 5.69 Å². The molecule has 142 valence electrons. The third-order valence-electron chi connectivity index (χ3n) is 5.14. The number of hydrogen-bond acceptors (Lipinski definition) is 6. The Morgan fingerprint density at radius 3 is 2.78 bits per heavy atom. The van der Waals surface area contributed by atoms with Gasteiger partial charge in [0.1, 0.15) is 11.6 Å². The maximum absolute atomic E-state index is 9.55. The number of hydrogen-bond donors (Lipinski definition) is 1. The molecule has 1 aliphatic heterocycles. The van der Waals surface area contributed by atoms with Crippen LogP contribution in [0.3, 0.4) is 0 Å². The summed E-state index contributed by atoms with van der Waals surface area (Å²) in [7, 11) is 1.53. The normalized spacial score (nSPS) is 17.5. The maximum atomic E-state index is 9.55. The minimum absolute atomic E-state index is 0.158. The molecular weight excluding hydrogens is 340 g/mol. The van der Waals surface area contributed by atoms with Crippen LogP contribution in [0.15, 0.2) is 42.6 Å². The van der Waals surface area contributed by atoms with Gasteiger partial charge in [-0.3, -0.25) is 4.90 Å². The van der Waals surface area contributed by atoms with Gasteiger partial charge < -0.3 is 14.7 Å². The summed E-state index contributed by atoms with van der Waals surface area (Å²) in [4.78, 5) is 8.79. The summed E-state index contributed by atoms with van der Waals surface area (Å²) < 4.78 is 5.24. The average molecular weight is 366 g/mol. The Bertz CT molecular complexity index is 775. The van der Waals surface area contributed by atoms with Gasteiger partial charge >= 0.3 is 0 Å². The lowest BCUT2D eigenvalue weighted by atomic mass is 10.1. The number of ether oxygens (including phenoxy) is 1. The zero-order valence-corrected chi connectivity index (χ0v) is 15.7. The highest BCUT2D eigenvalue weighted by Crippen LogP contribution is 2.28. The highest BCUT2D eigenvalue weighted by molar-refractivity contribution is 5.63. The molecule has 0 amide bonds. The Kier molecular flexibility index (Phi) is 6.64. The molecule has 0 spiro atoms. The molecule has 1 atom stereocenters. The summed E-state index contributed by atoms with van der Waals surface area (Å²) >= 11 is 0. The molecular formula is C21H26N4O2. The van der Waals surface area contributed by atoms with Crippen molar-refractivity contribution in [3.05, 3.63) is 53.7 Å². The Morgan fingerprint density at radius 2 is 2.07 bits per heavy atom. The van der Waals surface area contributed by atoms with E-state index >= 15 is 0 Å². The second kappa shape index (κ2) is 9.36. The fourth-order valence-electron chi connectivity index (χ4n) is 3.70. The van der Waals surface area contributed by atoms with Crippen molar-refractivity contribution in [2.45, 2.75) is 18.9 Å². The Balaban J connectivity index is 1.71. The first kappa shape index (κ1) is 19.2. The number of rotatable bonds is 7. The lowest BCUT2D eigenvalue weighted by Crippen LogP contribution is -2.54. The molecule has 2 aromatic rings. The van der Waals surface area contributed by atoms with Crippen molar-refractivity contribution in [3.8, 4) is 11.9 Å². The molecule has 3 rings (SSSR count). The standard InChI is InChI=1S/C21H26N4O2/c1-27-21-19(15-22)20(7-10-23-21)25-13-12-24(18(16-25)9-14-26)11-8-17-5-3-2-4-6-17/h2-7,10,18,26H,8-9,11-14,16H2,1H3/t18-/m0/s1. The zero-order valence-electron chi connectivity index (χ0n) is 15.7. The van der Waals surface area contributed by atoms with Gasteiger partial charge in [0.05, 0.1) is 12.8 Å². The molecule has 6 heteroatoms. The van der Waals surface area contributed by atoms with E-state index in [0.717, 1.165) is 44.7 Å². The van der Waals surface area contributed by atoms with E-state index < -0.39 is 0 Å². The van der Waals surface area contributed by atoms with Crippen LogP contribution >= 0.6 is 0 Å². The van der Waals surface area contributed by atoms with Crippen LogP contribution in [0.4, 0.5) is 5.69 Å². The monoisotopic (exact) mass is 366 g/mol. The fraction of sp³-hybridized carbons (Fsp3) is 0.429. The average Bonchev–Trinajstić information content (AvgIpc) is 2.73. The largest absolute Gasteiger partial charge is 0.480 e. The lowest BCUT2D eigenvalue weighted by Gasteiger charge is -2.42. The van der Waals surface area contributed by atoms with Crippen LogP contribution in [0.2, 0.25) is 0 Å². The first-order chi connectivity index (χ1) is 13.3. The number of pyridine rings is 1. The van der Waals surface area contributed by atoms with Gasteiger partial charge in [-0.1, -0.05) is 30.3 Å². The van der Waals surface area contributed by atoms with E-state index in [9.17, 15) is 10.4 Å². The second-order valence-electron chi connectivity index (χ2n) is 6.71. The van der Waals surface area contributed by atoms with E-state index in [1.165, 1.54) is 12.7 Å². The molecule has 27 heavy (non-hydrogen) atoms. The van der Waals surface area contributed by atoms with Gasteiger partial charge in [-0.2, -0.15) is 5.26 Å². The van der Waals surface area contributed by atoms with E-state index in [4.69, 9.17) is 4.74 Å². The minimum atomic E-state index is 0.158. The Hall–Kier alpha value is -2.62. The van der Waals surface area contributed by atoms with E-state index in [2.05, 4.69) is 45.1 Å². The van der Waals surface area contributed by atoms with Gasteiger partial charge in [-0.15, -0.1) is 0 Å². The summed E-state index contributed by atoms with van der Waals surface area (Å²) in [6.07, 6.45) is 3.39. The van der Waals surface area contributed by atoms with Crippen molar-refractivity contribution in [1.82, 2.24) is 9.88 Å². The van der Waals surface area contributed by atoms with Gasteiger partial charge in [-0.05, 0) is 24.5 Å². The van der Waals surface area contributed by atoms with Crippen molar-refractivity contribution in [1.29, 1.82) is 5.26 Å². The summed E-state index contributed by atoms with van der Waals surface area (Å²) in [6.45, 7) is 3.63. The first-order valence-corrected chi connectivity index (χ1v) is 9.33. The summed E-state index contributed by atoms with van der Waals surface area (Å²) in [6, 6.07) is 14.8. The van der Waals surface area contributed by atoms with E-state index in [-0.39, 0.29) is 12.6 Å². The predicted molar refractivity (Wildman–Crippen MR) is 105 cm³/mol. The fourth-order valence-corrected chi connectivity index (χ4v) is 3.70. The van der Waals surface area contributed by atoms with Crippen LogP contribution in [-0.4, -0.2) is 60.9 Å². The van der Waals surface area contributed by atoms with Gasteiger partial charge in [-0.25, -0.2) is 4.98 Å². The van der Waals surface area contributed by atoms with Crippen molar-refractivity contribution in [3.63, 3.8) is 0 Å². The number of nitrogens with zero attached hydrogens (tertiary/aromatic N) is 4. The maximum Gasteiger partial charge on any atom is 0.233 e. The Morgan fingerprint density at radius 1 is 1.26 bits per heavy atom. The number of methoxy groups -OCH3 is 1. The van der Waals surface area contributed by atoms with Gasteiger partial charge in [0.2, 0.25) is 5.88 Å². The summed E-state index contributed by atoms with van der Waals surface area (Å²) in [5.74, 6) is 0.361. The van der Waals surface area contributed by atoms with Crippen LogP contribution in [0.25, 0.3) is 0 Å². The molecule has 1 saturated heterocycles. The zero-order chi connectivity index (χ0) is 19.1. The molecule has 0 bridgehead atoms. The number of aliphatic hydroxyl groups is 1. The molecule has 6 nitrogen and oxygen atoms in total. The number of aromatic nitrogens is 1. The molecule has 1 N–H and O–H groups in total. The van der Waals surface area contributed by atoms with E-state index in [1.807, 2.05) is 12.1 Å². The van der Waals surface area contributed by atoms with Crippen LogP contribution in [0.5, 0.6) is 5.88 Å². The SMILES string of the molecule is COc1nccc(N2CCN(CCc3ccccc3)[C@@H](CCO)C2)c1C#N. The molecule has 0 radical (unpaired) electrons. The van der Waals surface area contributed by atoms with Crippen LogP contribution < -0.4 is 9.64 Å². The number of benzene rings is 1. The minimum Gasteiger partial charge on any atom is -0.480 e. The lowest BCUT2D eigenvalue weighted by molar-refractivity contribution is 0.143.